The summed E-state index contributed by atoms with van der Waals surface area (Å²) in [5.41, 5.74) is 3.86. The second kappa shape index (κ2) is 7.97. The molecule has 1 aliphatic heterocycles. The molecule has 0 spiro atoms. The highest BCUT2D eigenvalue weighted by Gasteiger charge is 2.22. The third-order valence-corrected chi connectivity index (χ3v) is 5.96. The molecule has 4 heteroatoms. The Hall–Kier alpha value is -2.59. The molecular formula is C23H23NO2S. The van der Waals surface area contributed by atoms with Crippen molar-refractivity contribution in [1.82, 2.24) is 0 Å². The van der Waals surface area contributed by atoms with Crippen LogP contribution in [-0.2, 0) is 6.42 Å². The second-order valence-corrected chi connectivity index (χ2v) is 7.57. The number of fused-ring (bicyclic) bond motifs is 2. The molecule has 138 valence electrons. The van der Waals surface area contributed by atoms with Crippen molar-refractivity contribution in [3.8, 4) is 11.5 Å². The lowest BCUT2D eigenvalue weighted by Crippen LogP contribution is -2.22. The van der Waals surface area contributed by atoms with E-state index in [2.05, 4.69) is 65.6 Å². The van der Waals surface area contributed by atoms with Crippen LogP contribution in [-0.4, -0.2) is 20.8 Å². The average molecular weight is 378 g/mol. The number of methoxy groups -OCH3 is 2. The van der Waals surface area contributed by atoms with Gasteiger partial charge in [0.15, 0.2) is 11.5 Å². The van der Waals surface area contributed by atoms with Crippen LogP contribution in [0.1, 0.15) is 12.0 Å². The van der Waals surface area contributed by atoms with E-state index < -0.39 is 0 Å². The van der Waals surface area contributed by atoms with Crippen LogP contribution >= 0.6 is 11.8 Å². The first-order chi connectivity index (χ1) is 13.3. The largest absolute Gasteiger partial charge is 0.493 e. The summed E-state index contributed by atoms with van der Waals surface area (Å²) in [6.07, 6.45) is 2.05. The van der Waals surface area contributed by atoms with Gasteiger partial charge in [-0.1, -0.05) is 42.1 Å². The molecule has 0 saturated carbocycles. The molecule has 0 aliphatic carbocycles. The van der Waals surface area contributed by atoms with E-state index in [0.717, 1.165) is 30.9 Å². The predicted octanol–water partition coefficient (Wildman–Crippen LogP) is 5.94. The van der Waals surface area contributed by atoms with Gasteiger partial charge in [-0.25, -0.2) is 0 Å². The summed E-state index contributed by atoms with van der Waals surface area (Å²) in [5, 5.41) is 0. The zero-order valence-electron chi connectivity index (χ0n) is 15.6. The summed E-state index contributed by atoms with van der Waals surface area (Å²) in [6, 6.07) is 23.5. The molecule has 0 saturated heterocycles. The van der Waals surface area contributed by atoms with E-state index in [-0.39, 0.29) is 0 Å². The van der Waals surface area contributed by atoms with Crippen molar-refractivity contribution in [2.45, 2.75) is 22.6 Å². The van der Waals surface area contributed by atoms with Crippen molar-refractivity contribution in [2.24, 2.45) is 0 Å². The van der Waals surface area contributed by atoms with Gasteiger partial charge in [0.2, 0.25) is 0 Å². The average Bonchev–Trinajstić information content (AvgIpc) is 2.73. The summed E-state index contributed by atoms with van der Waals surface area (Å²) in [5.74, 6) is 1.57. The van der Waals surface area contributed by atoms with E-state index in [1.54, 1.807) is 14.2 Å². The molecule has 1 heterocycles. The number of rotatable bonds is 6. The Morgan fingerprint density at radius 1 is 0.778 bits per heavy atom. The molecule has 3 aromatic carbocycles. The first kappa shape index (κ1) is 17.8. The summed E-state index contributed by atoms with van der Waals surface area (Å²) < 4.78 is 10.8. The molecular weight excluding hydrogens is 354 g/mol. The highest BCUT2D eigenvalue weighted by Crippen LogP contribution is 2.47. The molecule has 0 radical (unpaired) electrons. The summed E-state index contributed by atoms with van der Waals surface area (Å²) >= 11 is 1.85. The Morgan fingerprint density at radius 3 is 2.04 bits per heavy atom. The Labute approximate surface area is 164 Å². The molecule has 1 aliphatic rings. The van der Waals surface area contributed by atoms with Gasteiger partial charge < -0.3 is 14.4 Å². The molecule has 4 rings (SSSR count). The lowest BCUT2D eigenvalue weighted by Gasteiger charge is -2.32. The minimum absolute atomic E-state index is 0.775. The minimum Gasteiger partial charge on any atom is -0.493 e. The summed E-state index contributed by atoms with van der Waals surface area (Å²) in [6.45, 7) is 0.975. The Morgan fingerprint density at radius 2 is 1.41 bits per heavy atom. The molecule has 0 bridgehead atoms. The second-order valence-electron chi connectivity index (χ2n) is 6.48. The Kier molecular flexibility index (Phi) is 5.26. The SMILES string of the molecule is COc1ccc(CCCN2c3ccccc3Sc3ccccc32)cc1OC. The molecule has 3 nitrogen and oxygen atoms in total. The van der Waals surface area contributed by atoms with Crippen LogP contribution in [0.15, 0.2) is 76.5 Å². The molecule has 0 amide bonds. The fourth-order valence-corrected chi connectivity index (χ4v) is 4.60. The smallest absolute Gasteiger partial charge is 0.160 e. The van der Waals surface area contributed by atoms with Gasteiger partial charge in [0, 0.05) is 16.3 Å². The highest BCUT2D eigenvalue weighted by atomic mass is 32.2. The number of para-hydroxylation sites is 2. The van der Waals surface area contributed by atoms with Crippen LogP contribution in [0.5, 0.6) is 11.5 Å². The fraction of sp³-hybridized carbons (Fsp3) is 0.217. The molecule has 0 atom stereocenters. The van der Waals surface area contributed by atoms with Crippen LogP contribution in [0, 0.1) is 0 Å². The van der Waals surface area contributed by atoms with E-state index in [1.807, 2.05) is 17.8 Å². The van der Waals surface area contributed by atoms with Crippen molar-refractivity contribution >= 4 is 23.1 Å². The number of hydrogen-bond donors (Lipinski definition) is 0. The van der Waals surface area contributed by atoms with Crippen LogP contribution in [0.25, 0.3) is 0 Å². The summed E-state index contributed by atoms with van der Waals surface area (Å²) in [4.78, 5) is 5.09. The van der Waals surface area contributed by atoms with E-state index in [0.29, 0.717) is 0 Å². The van der Waals surface area contributed by atoms with E-state index >= 15 is 0 Å². The van der Waals surface area contributed by atoms with Gasteiger partial charge in [-0.2, -0.15) is 0 Å². The van der Waals surface area contributed by atoms with Gasteiger partial charge >= 0.3 is 0 Å². The number of benzene rings is 3. The third-order valence-electron chi connectivity index (χ3n) is 4.83. The van der Waals surface area contributed by atoms with Crippen molar-refractivity contribution < 1.29 is 9.47 Å². The number of aryl methyl sites for hydroxylation is 1. The van der Waals surface area contributed by atoms with Gasteiger partial charge in [0.1, 0.15) is 0 Å². The molecule has 3 aromatic rings. The van der Waals surface area contributed by atoms with Gasteiger partial charge in [-0.3, -0.25) is 0 Å². The van der Waals surface area contributed by atoms with Crippen LogP contribution in [0.3, 0.4) is 0 Å². The lowest BCUT2D eigenvalue weighted by molar-refractivity contribution is 0.354. The minimum atomic E-state index is 0.775. The van der Waals surface area contributed by atoms with Gasteiger partial charge in [0.25, 0.3) is 0 Å². The van der Waals surface area contributed by atoms with Crippen LogP contribution < -0.4 is 14.4 Å². The monoisotopic (exact) mass is 377 g/mol. The quantitative estimate of drug-likeness (QED) is 0.530. The summed E-state index contributed by atoms with van der Waals surface area (Å²) in [7, 11) is 3.35. The zero-order chi connectivity index (χ0) is 18.6. The van der Waals surface area contributed by atoms with Crippen molar-refractivity contribution in [2.75, 3.05) is 25.7 Å². The zero-order valence-corrected chi connectivity index (χ0v) is 16.5. The van der Waals surface area contributed by atoms with Gasteiger partial charge in [-0.05, 0) is 54.8 Å². The first-order valence-corrected chi connectivity index (χ1v) is 9.96. The van der Waals surface area contributed by atoms with Crippen LogP contribution in [0.4, 0.5) is 11.4 Å². The molecule has 0 fully saturated rings. The molecule has 0 unspecified atom stereocenters. The Balaban J connectivity index is 1.52. The maximum absolute atomic E-state index is 5.43. The molecule has 0 N–H and O–H groups in total. The number of nitrogens with zero attached hydrogens (tertiary/aromatic N) is 1. The maximum Gasteiger partial charge on any atom is 0.160 e. The number of hydrogen-bond acceptors (Lipinski definition) is 4. The van der Waals surface area contributed by atoms with Gasteiger partial charge in [-0.15, -0.1) is 0 Å². The number of anilines is 2. The maximum atomic E-state index is 5.43. The highest BCUT2D eigenvalue weighted by molar-refractivity contribution is 7.99. The Bertz CT molecular complexity index is 896. The normalized spacial score (nSPS) is 12.3. The topological polar surface area (TPSA) is 21.7 Å². The fourth-order valence-electron chi connectivity index (χ4n) is 3.50. The predicted molar refractivity (Wildman–Crippen MR) is 112 cm³/mol. The van der Waals surface area contributed by atoms with Crippen molar-refractivity contribution in [1.29, 1.82) is 0 Å². The van der Waals surface area contributed by atoms with Crippen LogP contribution in [0.2, 0.25) is 0 Å². The standard InChI is InChI=1S/C23H23NO2S/c1-25-20-14-13-17(16-21(20)26-2)8-7-15-24-18-9-3-5-11-22(18)27-23-12-6-4-10-19(23)24/h3-6,9-14,16H,7-8,15H2,1-2H3. The lowest BCUT2D eigenvalue weighted by atomic mass is 10.1. The first-order valence-electron chi connectivity index (χ1n) is 9.14. The van der Waals surface area contributed by atoms with Crippen molar-refractivity contribution in [3.63, 3.8) is 0 Å². The van der Waals surface area contributed by atoms with Crippen molar-refractivity contribution in [3.05, 3.63) is 72.3 Å². The number of ether oxygens (including phenoxy) is 2. The molecule has 27 heavy (non-hydrogen) atoms. The van der Waals surface area contributed by atoms with Gasteiger partial charge in [0.05, 0.1) is 25.6 Å². The van der Waals surface area contributed by atoms with E-state index in [9.17, 15) is 0 Å². The molecule has 0 aromatic heterocycles. The third kappa shape index (κ3) is 3.62. The van der Waals surface area contributed by atoms with E-state index in [4.69, 9.17) is 9.47 Å². The van der Waals surface area contributed by atoms with E-state index in [1.165, 1.54) is 26.7 Å².